The normalized spacial score (nSPS) is 10.6. The molecule has 0 aliphatic heterocycles. The molecule has 28 heavy (non-hydrogen) atoms. The summed E-state index contributed by atoms with van der Waals surface area (Å²) in [7, 11) is 1.65. The van der Waals surface area contributed by atoms with E-state index in [9.17, 15) is 0 Å². The van der Waals surface area contributed by atoms with Gasteiger partial charge in [0.15, 0.2) is 0 Å². The van der Waals surface area contributed by atoms with Crippen LogP contribution in [-0.4, -0.2) is 17.1 Å². The molecular weight excluding hydrogens is 348 g/mol. The number of hydrogen-bond acceptors (Lipinski definition) is 4. The third kappa shape index (κ3) is 5.81. The second kappa shape index (κ2) is 10.5. The van der Waals surface area contributed by atoms with E-state index < -0.39 is 0 Å². The highest BCUT2D eigenvalue weighted by molar-refractivity contribution is 5.59. The van der Waals surface area contributed by atoms with Crippen molar-refractivity contribution in [3.63, 3.8) is 0 Å². The number of methoxy groups -OCH3 is 1. The molecule has 3 aromatic rings. The largest absolute Gasteiger partial charge is 0.497 e. The summed E-state index contributed by atoms with van der Waals surface area (Å²) in [5.41, 5.74) is 4.33. The molecule has 4 heteroatoms. The fourth-order valence-electron chi connectivity index (χ4n) is 3.02. The lowest BCUT2D eigenvalue weighted by Gasteiger charge is -2.07. The average molecular weight is 377 g/mol. The van der Waals surface area contributed by atoms with Crippen LogP contribution in [-0.2, 0) is 13.0 Å². The summed E-state index contributed by atoms with van der Waals surface area (Å²) in [6.45, 7) is 2.73. The zero-order valence-electron chi connectivity index (χ0n) is 16.7. The first-order chi connectivity index (χ1) is 13.8. The summed E-state index contributed by atoms with van der Waals surface area (Å²) in [6, 6.07) is 16.4. The van der Waals surface area contributed by atoms with Crippen molar-refractivity contribution in [2.24, 2.45) is 0 Å². The Morgan fingerprint density at radius 2 is 1.54 bits per heavy atom. The van der Waals surface area contributed by atoms with Gasteiger partial charge in [0.1, 0.15) is 12.4 Å². The van der Waals surface area contributed by atoms with Gasteiger partial charge < -0.3 is 9.47 Å². The van der Waals surface area contributed by atoms with E-state index in [1.165, 1.54) is 31.2 Å². The number of rotatable bonds is 10. The molecule has 0 aliphatic rings. The van der Waals surface area contributed by atoms with Gasteiger partial charge in [0, 0.05) is 5.56 Å². The Balaban J connectivity index is 1.50. The zero-order valence-corrected chi connectivity index (χ0v) is 16.7. The number of aromatic nitrogens is 2. The lowest BCUT2D eigenvalue weighted by Crippen LogP contribution is -1.98. The van der Waals surface area contributed by atoms with Gasteiger partial charge in [0.25, 0.3) is 0 Å². The Morgan fingerprint density at radius 3 is 2.18 bits per heavy atom. The molecule has 1 aromatic heterocycles. The molecule has 0 amide bonds. The Hall–Kier alpha value is -2.88. The predicted octanol–water partition coefficient (Wildman–Crippen LogP) is 5.85. The number of aryl methyl sites for hydroxylation is 1. The van der Waals surface area contributed by atoms with Crippen LogP contribution in [0.2, 0.25) is 0 Å². The fraction of sp³-hybridized carbons (Fsp3) is 0.333. The Bertz CT molecular complexity index is 828. The molecule has 0 atom stereocenters. The summed E-state index contributed by atoms with van der Waals surface area (Å²) >= 11 is 0. The molecule has 0 saturated carbocycles. The SMILES string of the molecule is CCCCCCc1ccc(COc2cnc(-c3ccc(OC)cc3)cn2)cc1. The summed E-state index contributed by atoms with van der Waals surface area (Å²) in [6.07, 6.45) is 9.73. The minimum Gasteiger partial charge on any atom is -0.497 e. The molecule has 2 aromatic carbocycles. The third-order valence-corrected chi connectivity index (χ3v) is 4.74. The molecule has 4 nitrogen and oxygen atoms in total. The highest BCUT2D eigenvalue weighted by Crippen LogP contribution is 2.21. The number of benzene rings is 2. The van der Waals surface area contributed by atoms with Crippen LogP contribution < -0.4 is 9.47 Å². The first-order valence-corrected chi connectivity index (χ1v) is 9.95. The van der Waals surface area contributed by atoms with Gasteiger partial charge in [0.2, 0.25) is 5.88 Å². The quantitative estimate of drug-likeness (QED) is 0.416. The predicted molar refractivity (Wildman–Crippen MR) is 113 cm³/mol. The van der Waals surface area contributed by atoms with Gasteiger partial charge in [-0.05, 0) is 48.2 Å². The van der Waals surface area contributed by atoms with Crippen molar-refractivity contribution in [2.75, 3.05) is 7.11 Å². The van der Waals surface area contributed by atoms with Crippen molar-refractivity contribution in [2.45, 2.75) is 45.6 Å². The maximum absolute atomic E-state index is 5.78. The minimum absolute atomic E-state index is 0.493. The van der Waals surface area contributed by atoms with Crippen LogP contribution in [0, 0.1) is 0 Å². The Labute approximate surface area is 167 Å². The molecule has 0 radical (unpaired) electrons. The maximum Gasteiger partial charge on any atom is 0.232 e. The van der Waals surface area contributed by atoms with Gasteiger partial charge in [-0.3, -0.25) is 0 Å². The molecule has 0 bridgehead atoms. The van der Waals surface area contributed by atoms with Gasteiger partial charge >= 0.3 is 0 Å². The van der Waals surface area contributed by atoms with Gasteiger partial charge in [-0.1, -0.05) is 50.5 Å². The van der Waals surface area contributed by atoms with Crippen LogP contribution in [0.4, 0.5) is 0 Å². The Kier molecular flexibility index (Phi) is 7.42. The van der Waals surface area contributed by atoms with Crippen LogP contribution in [0.3, 0.4) is 0 Å². The molecular formula is C24H28N2O2. The van der Waals surface area contributed by atoms with Crippen LogP contribution in [0.15, 0.2) is 60.9 Å². The monoisotopic (exact) mass is 376 g/mol. The van der Waals surface area contributed by atoms with Crippen molar-refractivity contribution in [3.8, 4) is 22.9 Å². The van der Waals surface area contributed by atoms with Gasteiger partial charge in [-0.2, -0.15) is 0 Å². The lowest BCUT2D eigenvalue weighted by molar-refractivity contribution is 0.292. The highest BCUT2D eigenvalue weighted by atomic mass is 16.5. The molecule has 0 N–H and O–H groups in total. The lowest BCUT2D eigenvalue weighted by atomic mass is 10.0. The van der Waals surface area contributed by atoms with E-state index in [2.05, 4.69) is 41.2 Å². The smallest absolute Gasteiger partial charge is 0.232 e. The molecule has 1 heterocycles. The van der Waals surface area contributed by atoms with E-state index in [-0.39, 0.29) is 0 Å². The van der Waals surface area contributed by atoms with Crippen molar-refractivity contribution < 1.29 is 9.47 Å². The standard InChI is InChI=1S/C24H28N2O2/c1-3-4-5-6-7-19-8-10-20(11-9-19)18-28-24-17-25-23(16-26-24)21-12-14-22(27-2)15-13-21/h8-17H,3-7,18H2,1-2H3. The summed E-state index contributed by atoms with van der Waals surface area (Å²) in [5, 5.41) is 0. The Morgan fingerprint density at radius 1 is 0.786 bits per heavy atom. The van der Waals surface area contributed by atoms with E-state index in [0.29, 0.717) is 12.5 Å². The van der Waals surface area contributed by atoms with Crippen molar-refractivity contribution in [3.05, 3.63) is 72.1 Å². The van der Waals surface area contributed by atoms with E-state index in [0.717, 1.165) is 29.0 Å². The van der Waals surface area contributed by atoms with E-state index >= 15 is 0 Å². The molecule has 0 unspecified atom stereocenters. The van der Waals surface area contributed by atoms with Crippen molar-refractivity contribution >= 4 is 0 Å². The second-order valence-electron chi connectivity index (χ2n) is 6.88. The molecule has 146 valence electrons. The first kappa shape index (κ1) is 19.9. The van der Waals surface area contributed by atoms with Gasteiger partial charge in [-0.25, -0.2) is 9.97 Å². The summed E-state index contributed by atoms with van der Waals surface area (Å²) < 4.78 is 11.0. The summed E-state index contributed by atoms with van der Waals surface area (Å²) in [5.74, 6) is 1.35. The van der Waals surface area contributed by atoms with E-state index in [4.69, 9.17) is 9.47 Å². The van der Waals surface area contributed by atoms with Crippen molar-refractivity contribution in [1.29, 1.82) is 0 Å². The number of nitrogens with zero attached hydrogens (tertiary/aromatic N) is 2. The number of unbranched alkanes of at least 4 members (excludes halogenated alkanes) is 3. The minimum atomic E-state index is 0.493. The van der Waals surface area contributed by atoms with Gasteiger partial charge in [-0.15, -0.1) is 0 Å². The molecule has 3 rings (SSSR count). The number of hydrogen-bond donors (Lipinski definition) is 0. The molecule has 0 spiro atoms. The number of ether oxygens (including phenoxy) is 2. The topological polar surface area (TPSA) is 44.2 Å². The highest BCUT2D eigenvalue weighted by Gasteiger charge is 2.03. The molecule has 0 fully saturated rings. The maximum atomic E-state index is 5.78. The summed E-state index contributed by atoms with van der Waals surface area (Å²) in [4.78, 5) is 8.82. The van der Waals surface area contributed by atoms with Crippen LogP contribution in [0.25, 0.3) is 11.3 Å². The average Bonchev–Trinajstić information content (AvgIpc) is 2.76. The van der Waals surface area contributed by atoms with Gasteiger partial charge in [0.05, 0.1) is 25.2 Å². The van der Waals surface area contributed by atoms with E-state index in [1.807, 2.05) is 24.3 Å². The zero-order chi connectivity index (χ0) is 19.6. The first-order valence-electron chi connectivity index (χ1n) is 9.95. The van der Waals surface area contributed by atoms with Crippen LogP contribution in [0.1, 0.15) is 43.7 Å². The van der Waals surface area contributed by atoms with Crippen LogP contribution >= 0.6 is 0 Å². The van der Waals surface area contributed by atoms with Crippen molar-refractivity contribution in [1.82, 2.24) is 9.97 Å². The van der Waals surface area contributed by atoms with Crippen LogP contribution in [0.5, 0.6) is 11.6 Å². The van der Waals surface area contributed by atoms with E-state index in [1.54, 1.807) is 19.5 Å². The third-order valence-electron chi connectivity index (χ3n) is 4.74. The molecule has 0 saturated heterocycles. The second-order valence-corrected chi connectivity index (χ2v) is 6.88. The fourth-order valence-corrected chi connectivity index (χ4v) is 3.02. The molecule has 0 aliphatic carbocycles.